The summed E-state index contributed by atoms with van der Waals surface area (Å²) >= 11 is 0. The van der Waals surface area contributed by atoms with Crippen LogP contribution in [-0.4, -0.2) is 71.2 Å². The first-order valence-corrected chi connectivity index (χ1v) is 11.4. The number of likely N-dealkylation sites (N-methyl/N-ethyl adjacent to an activating group) is 1. The summed E-state index contributed by atoms with van der Waals surface area (Å²) in [6.07, 6.45) is 2.46. The van der Waals surface area contributed by atoms with Crippen LogP contribution in [0, 0.1) is 23.6 Å². The van der Waals surface area contributed by atoms with Crippen LogP contribution in [0.15, 0.2) is 36.5 Å². The molecule has 33 heavy (non-hydrogen) atoms. The fourth-order valence-electron chi connectivity index (χ4n) is 3.85. The number of nitrogens with zero attached hydrogens (tertiary/aromatic N) is 3. The first-order valence-electron chi connectivity index (χ1n) is 11.4. The molecule has 0 fully saturated rings. The van der Waals surface area contributed by atoms with Gasteiger partial charge in [-0.15, -0.1) is 0 Å². The highest BCUT2D eigenvalue weighted by atomic mass is 19.1. The Hall–Kier alpha value is -2.95. The smallest absolute Gasteiger partial charge is 0.259 e. The number of halogens is 1. The van der Waals surface area contributed by atoms with E-state index in [0.29, 0.717) is 29.8 Å². The minimum atomic E-state index is -0.339. The minimum Gasteiger partial charge on any atom is -0.472 e. The van der Waals surface area contributed by atoms with Crippen molar-refractivity contribution in [3.8, 4) is 17.7 Å². The van der Waals surface area contributed by atoms with Gasteiger partial charge in [-0.05, 0) is 57.3 Å². The summed E-state index contributed by atoms with van der Waals surface area (Å²) in [4.78, 5) is 21.8. The van der Waals surface area contributed by atoms with E-state index in [1.54, 1.807) is 29.3 Å². The lowest BCUT2D eigenvalue weighted by Crippen LogP contribution is -2.50. The number of rotatable bonds is 6. The van der Waals surface area contributed by atoms with Crippen molar-refractivity contribution in [1.82, 2.24) is 14.8 Å². The average molecular weight is 454 g/mol. The van der Waals surface area contributed by atoms with E-state index >= 15 is 0 Å². The summed E-state index contributed by atoms with van der Waals surface area (Å²) in [6.45, 7) is 8.01. The molecule has 2 heterocycles. The standard InChI is InChI=1S/C26H32FN3O3/c1-5-12-29(4)16-24-18(2)15-30(19(3)17-31)26(32)23-13-21(14-28-25(23)33-24)7-6-20-8-10-22(27)11-9-20/h8-11,13-14,18-19,24,31H,5,12,15-17H2,1-4H3/t18-,19+,24-/m0/s1. The molecule has 0 bridgehead atoms. The molecule has 0 saturated heterocycles. The Morgan fingerprint density at radius 2 is 2.00 bits per heavy atom. The van der Waals surface area contributed by atoms with Gasteiger partial charge in [0.2, 0.25) is 5.88 Å². The van der Waals surface area contributed by atoms with E-state index in [-0.39, 0.29) is 42.3 Å². The van der Waals surface area contributed by atoms with E-state index < -0.39 is 0 Å². The molecule has 1 aliphatic rings. The monoisotopic (exact) mass is 453 g/mol. The topological polar surface area (TPSA) is 65.9 Å². The number of aromatic nitrogens is 1. The lowest BCUT2D eigenvalue weighted by Gasteiger charge is -2.37. The van der Waals surface area contributed by atoms with Gasteiger partial charge in [0.1, 0.15) is 17.5 Å². The number of benzene rings is 1. The van der Waals surface area contributed by atoms with Crippen LogP contribution in [0.5, 0.6) is 5.88 Å². The zero-order chi connectivity index (χ0) is 24.0. The molecule has 3 rings (SSSR count). The van der Waals surface area contributed by atoms with Gasteiger partial charge in [-0.1, -0.05) is 25.7 Å². The normalized spacial score (nSPS) is 19.1. The fraction of sp³-hybridized carbons (Fsp3) is 0.462. The predicted molar refractivity (Wildman–Crippen MR) is 126 cm³/mol. The Morgan fingerprint density at radius 1 is 1.30 bits per heavy atom. The Kier molecular flexibility index (Phi) is 8.43. The molecule has 0 saturated carbocycles. The van der Waals surface area contributed by atoms with E-state index in [4.69, 9.17) is 4.74 Å². The third kappa shape index (κ3) is 6.31. The Morgan fingerprint density at radius 3 is 2.67 bits per heavy atom. The van der Waals surface area contributed by atoms with Crippen molar-refractivity contribution in [2.75, 3.05) is 33.3 Å². The quantitative estimate of drug-likeness (QED) is 0.681. The van der Waals surface area contributed by atoms with Crippen LogP contribution in [0.1, 0.15) is 48.7 Å². The third-order valence-corrected chi connectivity index (χ3v) is 5.81. The van der Waals surface area contributed by atoms with Gasteiger partial charge in [0.25, 0.3) is 5.91 Å². The van der Waals surface area contributed by atoms with Crippen LogP contribution in [0.3, 0.4) is 0 Å². The maximum Gasteiger partial charge on any atom is 0.259 e. The van der Waals surface area contributed by atoms with Gasteiger partial charge in [-0.3, -0.25) is 4.79 Å². The summed E-state index contributed by atoms with van der Waals surface area (Å²) in [6, 6.07) is 7.24. The highest BCUT2D eigenvalue weighted by Gasteiger charge is 2.34. The van der Waals surface area contributed by atoms with E-state index in [9.17, 15) is 14.3 Å². The van der Waals surface area contributed by atoms with Gasteiger partial charge in [0.15, 0.2) is 0 Å². The SMILES string of the molecule is CCCN(C)C[C@@H]1Oc2ncc(C#Cc3ccc(F)cc3)cc2C(=O)N([C@H](C)CO)C[C@@H]1C. The number of amides is 1. The number of carbonyl (C=O) groups excluding carboxylic acids is 1. The largest absolute Gasteiger partial charge is 0.472 e. The zero-order valence-electron chi connectivity index (χ0n) is 19.7. The third-order valence-electron chi connectivity index (χ3n) is 5.81. The highest BCUT2D eigenvalue weighted by molar-refractivity contribution is 5.97. The molecule has 1 aromatic carbocycles. The molecule has 1 N–H and O–H groups in total. The summed E-state index contributed by atoms with van der Waals surface area (Å²) < 4.78 is 19.4. The number of carbonyl (C=O) groups is 1. The van der Waals surface area contributed by atoms with E-state index in [1.165, 1.54) is 12.1 Å². The first-order chi connectivity index (χ1) is 15.8. The predicted octanol–water partition coefficient (Wildman–Crippen LogP) is 3.18. The molecule has 0 aliphatic carbocycles. The number of ether oxygens (including phenoxy) is 1. The van der Waals surface area contributed by atoms with Gasteiger partial charge in [0, 0.05) is 36.3 Å². The Labute approximate surface area is 195 Å². The molecule has 6 nitrogen and oxygen atoms in total. The van der Waals surface area contributed by atoms with Gasteiger partial charge < -0.3 is 19.6 Å². The van der Waals surface area contributed by atoms with Crippen molar-refractivity contribution >= 4 is 5.91 Å². The van der Waals surface area contributed by atoms with Gasteiger partial charge >= 0.3 is 0 Å². The van der Waals surface area contributed by atoms with Crippen LogP contribution in [0.25, 0.3) is 0 Å². The second-order valence-corrected chi connectivity index (χ2v) is 8.72. The maximum atomic E-state index is 13.4. The van der Waals surface area contributed by atoms with E-state index in [1.807, 2.05) is 6.92 Å². The summed E-state index contributed by atoms with van der Waals surface area (Å²) in [5.41, 5.74) is 1.55. The molecule has 0 radical (unpaired) electrons. The van der Waals surface area contributed by atoms with Crippen LogP contribution >= 0.6 is 0 Å². The minimum absolute atomic E-state index is 0.0511. The summed E-state index contributed by atoms with van der Waals surface area (Å²) in [7, 11) is 2.06. The molecule has 176 valence electrons. The molecular formula is C26H32FN3O3. The van der Waals surface area contributed by atoms with Crippen molar-refractivity contribution in [2.24, 2.45) is 5.92 Å². The number of pyridine rings is 1. The molecule has 0 spiro atoms. The molecule has 1 aliphatic heterocycles. The van der Waals surface area contributed by atoms with Crippen molar-refractivity contribution in [2.45, 2.75) is 39.3 Å². The molecule has 1 amide bonds. The van der Waals surface area contributed by atoms with E-state index in [0.717, 1.165) is 13.0 Å². The molecule has 1 aromatic heterocycles. The number of hydrogen-bond acceptors (Lipinski definition) is 5. The van der Waals surface area contributed by atoms with Gasteiger partial charge in [-0.25, -0.2) is 9.37 Å². The zero-order valence-corrected chi connectivity index (χ0v) is 19.7. The highest BCUT2D eigenvalue weighted by Crippen LogP contribution is 2.27. The second-order valence-electron chi connectivity index (χ2n) is 8.72. The lowest BCUT2D eigenvalue weighted by atomic mass is 10.00. The number of fused-ring (bicyclic) bond motifs is 1. The molecule has 2 aromatic rings. The van der Waals surface area contributed by atoms with Crippen molar-refractivity contribution in [3.05, 3.63) is 59.0 Å². The Bertz CT molecular complexity index is 1020. The average Bonchev–Trinajstić information content (AvgIpc) is 2.80. The van der Waals surface area contributed by atoms with Crippen LogP contribution in [-0.2, 0) is 0 Å². The lowest BCUT2D eigenvalue weighted by molar-refractivity contribution is 0.0331. The molecular weight excluding hydrogens is 421 g/mol. The molecule has 0 unspecified atom stereocenters. The van der Waals surface area contributed by atoms with Crippen LogP contribution in [0.2, 0.25) is 0 Å². The van der Waals surface area contributed by atoms with Gasteiger partial charge in [-0.2, -0.15) is 0 Å². The number of aliphatic hydroxyl groups is 1. The van der Waals surface area contributed by atoms with E-state index in [2.05, 4.69) is 42.6 Å². The fourth-order valence-corrected chi connectivity index (χ4v) is 3.85. The van der Waals surface area contributed by atoms with Crippen molar-refractivity contribution in [1.29, 1.82) is 0 Å². The summed E-state index contributed by atoms with van der Waals surface area (Å²) in [5, 5.41) is 9.77. The maximum absolute atomic E-state index is 13.4. The Balaban J connectivity index is 1.97. The van der Waals surface area contributed by atoms with Crippen molar-refractivity contribution < 1.29 is 19.0 Å². The van der Waals surface area contributed by atoms with Crippen LogP contribution < -0.4 is 4.74 Å². The van der Waals surface area contributed by atoms with Gasteiger partial charge in [0.05, 0.1) is 12.6 Å². The van der Waals surface area contributed by atoms with Crippen molar-refractivity contribution in [3.63, 3.8) is 0 Å². The second kappa shape index (κ2) is 11.3. The first kappa shape index (κ1) is 24.7. The number of hydrogen-bond donors (Lipinski definition) is 1. The number of aliphatic hydroxyl groups excluding tert-OH is 1. The summed E-state index contributed by atoms with van der Waals surface area (Å²) in [5.74, 6) is 5.74. The molecule has 7 heteroatoms. The molecule has 3 atom stereocenters. The van der Waals surface area contributed by atoms with Crippen LogP contribution in [0.4, 0.5) is 4.39 Å².